The number of anilines is 1. The second-order valence-electron chi connectivity index (χ2n) is 5.78. The van der Waals surface area contributed by atoms with Gasteiger partial charge in [-0.05, 0) is 30.9 Å². The van der Waals surface area contributed by atoms with Crippen LogP contribution < -0.4 is 10.1 Å². The van der Waals surface area contributed by atoms with Crippen LogP contribution in [0.5, 0.6) is 5.75 Å². The quantitative estimate of drug-likeness (QED) is 0.826. The van der Waals surface area contributed by atoms with Crippen molar-refractivity contribution < 1.29 is 9.53 Å². The summed E-state index contributed by atoms with van der Waals surface area (Å²) in [4.78, 5) is 12.7. The molecule has 1 heterocycles. The van der Waals surface area contributed by atoms with E-state index in [4.69, 9.17) is 4.74 Å². The molecule has 3 rings (SSSR count). The SMILES string of the molecule is CC1CCC(C(=O)c2cccc3c2OCCN3)CC1. The van der Waals surface area contributed by atoms with E-state index < -0.39 is 0 Å². The molecule has 3 heteroatoms. The van der Waals surface area contributed by atoms with Crippen molar-refractivity contribution in [2.75, 3.05) is 18.5 Å². The predicted octanol–water partition coefficient (Wildman–Crippen LogP) is 3.50. The molecule has 1 aliphatic heterocycles. The van der Waals surface area contributed by atoms with Crippen LogP contribution in [0, 0.1) is 11.8 Å². The van der Waals surface area contributed by atoms with Crippen LogP contribution in [-0.4, -0.2) is 18.9 Å². The Morgan fingerprint density at radius 3 is 2.84 bits per heavy atom. The predicted molar refractivity (Wildman–Crippen MR) is 75.9 cm³/mol. The monoisotopic (exact) mass is 259 g/mol. The highest BCUT2D eigenvalue weighted by Gasteiger charge is 2.28. The topological polar surface area (TPSA) is 38.3 Å². The van der Waals surface area contributed by atoms with Gasteiger partial charge in [-0.15, -0.1) is 0 Å². The summed E-state index contributed by atoms with van der Waals surface area (Å²) in [5.74, 6) is 1.99. The highest BCUT2D eigenvalue weighted by molar-refractivity contribution is 6.02. The first-order chi connectivity index (χ1) is 9.25. The van der Waals surface area contributed by atoms with Crippen molar-refractivity contribution in [1.29, 1.82) is 0 Å². The van der Waals surface area contributed by atoms with Gasteiger partial charge in [-0.3, -0.25) is 4.79 Å². The molecule has 0 atom stereocenters. The number of carbonyl (C=O) groups is 1. The van der Waals surface area contributed by atoms with Crippen LogP contribution in [0.4, 0.5) is 5.69 Å². The first kappa shape index (κ1) is 12.5. The molecule has 1 aromatic rings. The summed E-state index contributed by atoms with van der Waals surface area (Å²) in [5, 5.41) is 3.29. The first-order valence-corrected chi connectivity index (χ1v) is 7.29. The fourth-order valence-corrected chi connectivity index (χ4v) is 3.11. The van der Waals surface area contributed by atoms with Gasteiger partial charge in [0, 0.05) is 12.5 Å². The van der Waals surface area contributed by atoms with Crippen molar-refractivity contribution >= 4 is 11.5 Å². The number of Topliss-reactive ketones (excluding diaryl/α,β-unsaturated/α-hetero) is 1. The van der Waals surface area contributed by atoms with Crippen molar-refractivity contribution in [1.82, 2.24) is 0 Å². The van der Waals surface area contributed by atoms with Crippen molar-refractivity contribution in [2.24, 2.45) is 11.8 Å². The Bertz CT molecular complexity index is 476. The second kappa shape index (κ2) is 5.24. The average Bonchev–Trinajstić information content (AvgIpc) is 2.47. The molecule has 1 aromatic carbocycles. The normalized spacial score (nSPS) is 25.9. The molecule has 2 aliphatic rings. The number of fused-ring (bicyclic) bond motifs is 1. The van der Waals surface area contributed by atoms with Crippen LogP contribution >= 0.6 is 0 Å². The fourth-order valence-electron chi connectivity index (χ4n) is 3.11. The molecule has 0 radical (unpaired) electrons. The van der Waals surface area contributed by atoms with Gasteiger partial charge in [-0.1, -0.05) is 25.8 Å². The molecule has 1 aliphatic carbocycles. The van der Waals surface area contributed by atoms with E-state index in [0.29, 0.717) is 6.61 Å². The van der Waals surface area contributed by atoms with E-state index in [0.717, 1.165) is 42.3 Å². The number of benzene rings is 1. The fraction of sp³-hybridized carbons (Fsp3) is 0.562. The third-order valence-electron chi connectivity index (χ3n) is 4.33. The van der Waals surface area contributed by atoms with Crippen LogP contribution in [0.3, 0.4) is 0 Å². The smallest absolute Gasteiger partial charge is 0.169 e. The van der Waals surface area contributed by atoms with E-state index in [2.05, 4.69) is 12.2 Å². The maximum Gasteiger partial charge on any atom is 0.169 e. The van der Waals surface area contributed by atoms with E-state index in [1.54, 1.807) is 0 Å². The van der Waals surface area contributed by atoms with Gasteiger partial charge in [0.15, 0.2) is 11.5 Å². The minimum Gasteiger partial charge on any atom is -0.489 e. The number of ketones is 1. The minimum atomic E-state index is 0.188. The molecule has 1 N–H and O–H groups in total. The Morgan fingerprint density at radius 2 is 2.05 bits per heavy atom. The third-order valence-corrected chi connectivity index (χ3v) is 4.33. The van der Waals surface area contributed by atoms with Crippen LogP contribution in [0.2, 0.25) is 0 Å². The van der Waals surface area contributed by atoms with Crippen molar-refractivity contribution in [3.05, 3.63) is 23.8 Å². The standard InChI is InChI=1S/C16H21NO2/c1-11-5-7-12(8-6-11)15(18)13-3-2-4-14-16(13)19-10-9-17-14/h2-4,11-12,17H,5-10H2,1H3. The maximum atomic E-state index is 12.7. The van der Waals surface area contributed by atoms with Crippen molar-refractivity contribution in [3.63, 3.8) is 0 Å². The van der Waals surface area contributed by atoms with Gasteiger partial charge in [0.25, 0.3) is 0 Å². The van der Waals surface area contributed by atoms with E-state index in [1.165, 1.54) is 12.8 Å². The Hall–Kier alpha value is -1.51. The summed E-state index contributed by atoms with van der Waals surface area (Å²) in [5.41, 5.74) is 1.73. The van der Waals surface area contributed by atoms with E-state index in [-0.39, 0.29) is 11.7 Å². The molecule has 0 bridgehead atoms. The highest BCUT2D eigenvalue weighted by Crippen LogP contribution is 2.36. The zero-order valence-electron chi connectivity index (χ0n) is 11.4. The van der Waals surface area contributed by atoms with Gasteiger partial charge < -0.3 is 10.1 Å². The molecule has 102 valence electrons. The lowest BCUT2D eigenvalue weighted by Gasteiger charge is -2.27. The first-order valence-electron chi connectivity index (χ1n) is 7.29. The molecule has 0 spiro atoms. The van der Waals surface area contributed by atoms with Crippen LogP contribution in [-0.2, 0) is 0 Å². The van der Waals surface area contributed by atoms with Crippen LogP contribution in [0.15, 0.2) is 18.2 Å². The summed E-state index contributed by atoms with van der Waals surface area (Å²) in [6, 6.07) is 5.83. The lowest BCUT2D eigenvalue weighted by molar-refractivity contribution is 0.0871. The molecule has 1 fully saturated rings. The summed E-state index contributed by atoms with van der Waals surface area (Å²) >= 11 is 0. The lowest BCUT2D eigenvalue weighted by atomic mass is 9.79. The lowest BCUT2D eigenvalue weighted by Crippen LogP contribution is -2.24. The molecule has 3 nitrogen and oxygen atoms in total. The van der Waals surface area contributed by atoms with Gasteiger partial charge in [-0.25, -0.2) is 0 Å². The van der Waals surface area contributed by atoms with Crippen molar-refractivity contribution in [2.45, 2.75) is 32.6 Å². The van der Waals surface area contributed by atoms with Gasteiger partial charge in [0.1, 0.15) is 6.61 Å². The highest BCUT2D eigenvalue weighted by atomic mass is 16.5. The Morgan fingerprint density at radius 1 is 1.26 bits per heavy atom. The van der Waals surface area contributed by atoms with Gasteiger partial charge in [-0.2, -0.15) is 0 Å². The number of hydrogen-bond donors (Lipinski definition) is 1. The number of nitrogens with one attached hydrogen (secondary N) is 1. The van der Waals surface area contributed by atoms with Gasteiger partial charge in [0.2, 0.25) is 0 Å². The van der Waals surface area contributed by atoms with Gasteiger partial charge >= 0.3 is 0 Å². The summed E-state index contributed by atoms with van der Waals surface area (Å²) in [7, 11) is 0. The Kier molecular flexibility index (Phi) is 3.45. The Balaban J connectivity index is 1.83. The number of carbonyl (C=O) groups excluding carboxylic acids is 1. The van der Waals surface area contributed by atoms with E-state index in [9.17, 15) is 4.79 Å². The Labute approximate surface area is 114 Å². The molecular formula is C16H21NO2. The van der Waals surface area contributed by atoms with Crippen molar-refractivity contribution in [3.8, 4) is 5.75 Å². The van der Waals surface area contributed by atoms with Crippen LogP contribution in [0.25, 0.3) is 0 Å². The number of para-hydroxylation sites is 1. The largest absolute Gasteiger partial charge is 0.489 e. The molecule has 0 amide bonds. The zero-order chi connectivity index (χ0) is 13.2. The second-order valence-corrected chi connectivity index (χ2v) is 5.78. The third kappa shape index (κ3) is 2.46. The molecule has 19 heavy (non-hydrogen) atoms. The maximum absolute atomic E-state index is 12.7. The number of hydrogen-bond acceptors (Lipinski definition) is 3. The molecule has 0 unspecified atom stereocenters. The van der Waals surface area contributed by atoms with Gasteiger partial charge in [0.05, 0.1) is 11.3 Å². The van der Waals surface area contributed by atoms with E-state index in [1.807, 2.05) is 18.2 Å². The molecule has 0 aromatic heterocycles. The molecular weight excluding hydrogens is 238 g/mol. The molecule has 1 saturated carbocycles. The van der Waals surface area contributed by atoms with Crippen LogP contribution in [0.1, 0.15) is 43.0 Å². The summed E-state index contributed by atoms with van der Waals surface area (Å²) in [6.07, 6.45) is 4.39. The summed E-state index contributed by atoms with van der Waals surface area (Å²) in [6.45, 7) is 3.72. The van der Waals surface area contributed by atoms with E-state index >= 15 is 0 Å². The number of ether oxygens (including phenoxy) is 1. The average molecular weight is 259 g/mol. The molecule has 0 saturated heterocycles. The summed E-state index contributed by atoms with van der Waals surface area (Å²) < 4.78 is 5.70. The zero-order valence-corrected chi connectivity index (χ0v) is 11.4. The number of rotatable bonds is 2. The minimum absolute atomic E-state index is 0.188.